The van der Waals surface area contributed by atoms with Gasteiger partial charge in [-0.2, -0.15) is 8.78 Å². The van der Waals surface area contributed by atoms with Crippen LogP contribution in [0.1, 0.15) is 12.8 Å². The van der Waals surface area contributed by atoms with E-state index in [4.69, 9.17) is 11.6 Å². The van der Waals surface area contributed by atoms with E-state index in [0.717, 1.165) is 31.6 Å². The number of benzene rings is 1. The summed E-state index contributed by atoms with van der Waals surface area (Å²) in [5.74, 6) is -2.38. The average Bonchev–Trinajstić information content (AvgIpc) is 2.47. The largest absolute Gasteiger partial charge is 0.371 e. The number of sulfone groups is 1. The lowest BCUT2D eigenvalue weighted by molar-refractivity contribution is 0.234. The minimum atomic E-state index is -4.51. The van der Waals surface area contributed by atoms with Crippen molar-refractivity contribution >= 4 is 27.1 Å². The Morgan fingerprint density at radius 1 is 1.30 bits per heavy atom. The topological polar surface area (TPSA) is 37.4 Å². The Balaban J connectivity index is 2.16. The average molecular weight is 324 g/mol. The number of nitrogens with zero attached hydrogens (tertiary/aromatic N) is 1. The molecule has 3 nitrogen and oxygen atoms in total. The van der Waals surface area contributed by atoms with Crippen LogP contribution in [-0.2, 0) is 9.84 Å². The summed E-state index contributed by atoms with van der Waals surface area (Å²) in [4.78, 5) is 1.76. The van der Waals surface area contributed by atoms with E-state index in [1.54, 1.807) is 12.1 Å². The predicted octanol–water partition coefficient (Wildman–Crippen LogP) is 3.14. The fourth-order valence-electron chi connectivity index (χ4n) is 2.38. The van der Waals surface area contributed by atoms with Crippen LogP contribution in [0.2, 0.25) is 0 Å². The second kappa shape index (κ2) is 6.26. The Hall–Kier alpha value is -0.880. The van der Waals surface area contributed by atoms with Crippen molar-refractivity contribution in [3.63, 3.8) is 0 Å². The van der Waals surface area contributed by atoms with Crippen molar-refractivity contribution in [3.8, 4) is 0 Å². The van der Waals surface area contributed by atoms with Gasteiger partial charge in [-0.05, 0) is 43.0 Å². The highest BCUT2D eigenvalue weighted by Gasteiger charge is 2.27. The second-order valence-corrected chi connectivity index (χ2v) is 7.13. The van der Waals surface area contributed by atoms with Gasteiger partial charge >= 0.3 is 5.76 Å². The van der Waals surface area contributed by atoms with Crippen LogP contribution in [0.4, 0.5) is 14.5 Å². The number of hydrogen-bond acceptors (Lipinski definition) is 3. The van der Waals surface area contributed by atoms with Gasteiger partial charge in [0.2, 0.25) is 9.84 Å². The maximum Gasteiger partial charge on any atom is 0.341 e. The smallest absolute Gasteiger partial charge is 0.341 e. The molecule has 1 unspecified atom stereocenters. The second-order valence-electron chi connectivity index (χ2n) is 4.91. The van der Waals surface area contributed by atoms with Gasteiger partial charge < -0.3 is 4.90 Å². The van der Waals surface area contributed by atoms with Crippen LogP contribution in [0.3, 0.4) is 0 Å². The summed E-state index contributed by atoms with van der Waals surface area (Å²) in [6, 6.07) is 5.63. The van der Waals surface area contributed by atoms with Gasteiger partial charge in [-0.3, -0.25) is 0 Å². The van der Waals surface area contributed by atoms with Gasteiger partial charge in [0.25, 0.3) is 0 Å². The molecule has 7 heteroatoms. The fraction of sp³-hybridized carbons (Fsp3) is 0.538. The van der Waals surface area contributed by atoms with Crippen molar-refractivity contribution in [2.75, 3.05) is 23.9 Å². The zero-order valence-corrected chi connectivity index (χ0v) is 12.4. The number of halogens is 3. The minimum absolute atomic E-state index is 0.345. The molecule has 0 spiro atoms. The van der Waals surface area contributed by atoms with Crippen molar-refractivity contribution in [3.05, 3.63) is 24.3 Å². The van der Waals surface area contributed by atoms with Crippen LogP contribution in [-0.4, -0.2) is 33.1 Å². The van der Waals surface area contributed by atoms with Gasteiger partial charge in [0.15, 0.2) is 0 Å². The molecule has 1 fully saturated rings. The Kier molecular flexibility index (Phi) is 4.86. The van der Waals surface area contributed by atoms with Crippen molar-refractivity contribution in [1.29, 1.82) is 0 Å². The first-order chi connectivity index (χ1) is 9.45. The van der Waals surface area contributed by atoms with Gasteiger partial charge in [-0.1, -0.05) is 0 Å². The van der Waals surface area contributed by atoms with E-state index in [1.165, 1.54) is 12.1 Å². The highest BCUT2D eigenvalue weighted by Crippen LogP contribution is 2.26. The summed E-state index contributed by atoms with van der Waals surface area (Å²) in [6.45, 7) is 1.68. The lowest BCUT2D eigenvalue weighted by Gasteiger charge is -2.33. The first kappa shape index (κ1) is 15.5. The van der Waals surface area contributed by atoms with E-state index in [2.05, 4.69) is 4.90 Å². The number of anilines is 1. The summed E-state index contributed by atoms with van der Waals surface area (Å²) in [7, 11) is -4.51. The molecule has 0 amide bonds. The number of rotatable bonds is 4. The predicted molar refractivity (Wildman–Crippen MR) is 75.3 cm³/mol. The third-order valence-corrected chi connectivity index (χ3v) is 5.34. The zero-order valence-electron chi connectivity index (χ0n) is 10.8. The van der Waals surface area contributed by atoms with Crippen LogP contribution in [0, 0.1) is 5.92 Å². The summed E-state index contributed by atoms with van der Waals surface area (Å²) in [5.41, 5.74) is 0.841. The third-order valence-electron chi connectivity index (χ3n) is 3.50. The third kappa shape index (κ3) is 3.23. The minimum Gasteiger partial charge on any atom is -0.371 e. The molecule has 112 valence electrons. The molecule has 1 aromatic carbocycles. The molecule has 1 heterocycles. The van der Waals surface area contributed by atoms with Crippen molar-refractivity contribution in [2.45, 2.75) is 23.5 Å². The molecule has 1 atom stereocenters. The van der Waals surface area contributed by atoms with Crippen molar-refractivity contribution in [1.82, 2.24) is 0 Å². The monoisotopic (exact) mass is 323 g/mol. The fourth-order valence-corrected chi connectivity index (χ4v) is 3.35. The highest BCUT2D eigenvalue weighted by molar-refractivity contribution is 7.91. The zero-order chi connectivity index (χ0) is 14.8. The molecule has 1 saturated heterocycles. The van der Waals surface area contributed by atoms with Gasteiger partial charge in [0.05, 0.1) is 4.90 Å². The van der Waals surface area contributed by atoms with Gasteiger partial charge in [0, 0.05) is 24.7 Å². The Morgan fingerprint density at radius 3 is 2.50 bits per heavy atom. The van der Waals surface area contributed by atoms with Crippen LogP contribution in [0.15, 0.2) is 29.2 Å². The van der Waals surface area contributed by atoms with Crippen LogP contribution in [0.25, 0.3) is 0 Å². The van der Waals surface area contributed by atoms with Gasteiger partial charge in [0.1, 0.15) is 0 Å². The Bertz CT molecular complexity index is 548. The van der Waals surface area contributed by atoms with Crippen molar-refractivity contribution < 1.29 is 17.2 Å². The molecule has 0 bridgehead atoms. The quantitative estimate of drug-likeness (QED) is 0.799. The molecular weight excluding hydrogens is 308 g/mol. The van der Waals surface area contributed by atoms with Crippen molar-refractivity contribution in [2.24, 2.45) is 5.92 Å². The molecule has 1 aromatic rings. The molecule has 1 aliphatic heterocycles. The lowest BCUT2D eigenvalue weighted by Crippen LogP contribution is -2.36. The Labute approximate surface area is 122 Å². The first-order valence-corrected chi connectivity index (χ1v) is 8.46. The summed E-state index contributed by atoms with van der Waals surface area (Å²) >= 11 is 5.86. The summed E-state index contributed by atoms with van der Waals surface area (Å²) in [6.07, 6.45) is 2.10. The van der Waals surface area contributed by atoms with E-state index >= 15 is 0 Å². The first-order valence-electron chi connectivity index (χ1n) is 6.38. The van der Waals surface area contributed by atoms with Gasteiger partial charge in [-0.25, -0.2) is 8.42 Å². The lowest BCUT2D eigenvalue weighted by atomic mass is 9.99. The normalized spacial score (nSPS) is 20.4. The Morgan fingerprint density at radius 2 is 1.95 bits per heavy atom. The van der Waals surface area contributed by atoms with Crippen LogP contribution in [0.5, 0.6) is 0 Å². The van der Waals surface area contributed by atoms with Crippen LogP contribution >= 0.6 is 11.6 Å². The number of hydrogen-bond donors (Lipinski definition) is 0. The number of piperidine rings is 1. The molecular formula is C13H16ClF2NO2S. The molecule has 1 aliphatic rings. The van der Waals surface area contributed by atoms with Gasteiger partial charge in [-0.15, -0.1) is 11.6 Å². The van der Waals surface area contributed by atoms with E-state index in [0.29, 0.717) is 11.8 Å². The maximum absolute atomic E-state index is 12.4. The molecule has 0 N–H and O–H groups in total. The molecule has 0 saturated carbocycles. The molecule has 2 rings (SSSR count). The van der Waals surface area contributed by atoms with E-state index < -0.39 is 15.6 Å². The van der Waals surface area contributed by atoms with E-state index in [9.17, 15) is 17.2 Å². The highest BCUT2D eigenvalue weighted by atomic mass is 35.5. The molecule has 20 heavy (non-hydrogen) atoms. The maximum atomic E-state index is 12.4. The summed E-state index contributed by atoms with van der Waals surface area (Å²) < 4.78 is 47.5. The van der Waals surface area contributed by atoms with E-state index in [1.807, 2.05) is 0 Å². The molecule has 0 aromatic heterocycles. The molecule has 0 aliphatic carbocycles. The standard InChI is InChI=1S/C13H16ClF2NO2S/c14-8-10-2-1-7-17(9-10)11-3-5-12(6-4-11)20(18,19)13(15)16/h3-6,10,13H,1-2,7-9H2. The van der Waals surface area contributed by atoms with Crippen LogP contribution < -0.4 is 4.90 Å². The molecule has 0 radical (unpaired) electrons. The number of alkyl halides is 3. The SMILES string of the molecule is O=S(=O)(c1ccc(N2CCCC(CCl)C2)cc1)C(F)F. The summed E-state index contributed by atoms with van der Waals surface area (Å²) in [5, 5.41) is 0. The van der Waals surface area contributed by atoms with E-state index in [-0.39, 0.29) is 4.90 Å².